The molecule has 1 heterocycles. The Balaban J connectivity index is 1.76. The van der Waals surface area contributed by atoms with Gasteiger partial charge in [0.15, 0.2) is 0 Å². The fourth-order valence-corrected chi connectivity index (χ4v) is 2.70. The molecular weight excluding hydrogens is 302 g/mol. The third-order valence-electron chi connectivity index (χ3n) is 3.13. The highest BCUT2D eigenvalue weighted by molar-refractivity contribution is 7.13. The van der Waals surface area contributed by atoms with Crippen molar-refractivity contribution in [3.63, 3.8) is 0 Å². The molecular formula is C16H17NO4S. The number of aryl methyl sites for hydroxylation is 1. The Morgan fingerprint density at radius 2 is 1.91 bits per heavy atom. The summed E-state index contributed by atoms with van der Waals surface area (Å²) < 4.78 is 5.08. The highest BCUT2D eigenvalue weighted by Crippen LogP contribution is 2.16. The molecule has 0 aliphatic heterocycles. The molecule has 116 valence electrons. The number of rotatable bonds is 7. The van der Waals surface area contributed by atoms with E-state index in [4.69, 9.17) is 9.84 Å². The van der Waals surface area contributed by atoms with Crippen molar-refractivity contribution in [3.8, 4) is 5.75 Å². The second-order valence-electron chi connectivity index (χ2n) is 4.70. The molecule has 0 atom stereocenters. The SMILES string of the molecule is COc1ccc(CCC(=O)NCc2ccc(C(=O)O)s2)cc1. The Labute approximate surface area is 132 Å². The molecule has 0 saturated carbocycles. The monoisotopic (exact) mass is 319 g/mol. The molecule has 0 unspecified atom stereocenters. The van der Waals surface area contributed by atoms with Gasteiger partial charge in [0.2, 0.25) is 5.91 Å². The van der Waals surface area contributed by atoms with Crippen LogP contribution in [0, 0.1) is 0 Å². The normalized spacial score (nSPS) is 10.2. The van der Waals surface area contributed by atoms with E-state index in [0.717, 1.165) is 16.2 Å². The number of ether oxygens (including phenoxy) is 1. The first-order chi connectivity index (χ1) is 10.6. The van der Waals surface area contributed by atoms with Crippen LogP contribution in [0.1, 0.15) is 26.5 Å². The first-order valence-corrected chi connectivity index (χ1v) is 7.62. The molecule has 2 N–H and O–H groups in total. The van der Waals surface area contributed by atoms with Gasteiger partial charge in [-0.3, -0.25) is 4.79 Å². The lowest BCUT2D eigenvalue weighted by atomic mass is 10.1. The number of hydrogen-bond acceptors (Lipinski definition) is 4. The molecule has 5 nitrogen and oxygen atoms in total. The van der Waals surface area contributed by atoms with Crippen LogP contribution in [0.5, 0.6) is 5.75 Å². The van der Waals surface area contributed by atoms with Gasteiger partial charge in [0, 0.05) is 11.3 Å². The minimum atomic E-state index is -0.943. The third-order valence-corrected chi connectivity index (χ3v) is 4.21. The maximum atomic E-state index is 11.8. The first-order valence-electron chi connectivity index (χ1n) is 6.80. The Hall–Kier alpha value is -2.34. The number of carboxylic acids is 1. The van der Waals surface area contributed by atoms with Gasteiger partial charge in [0.1, 0.15) is 10.6 Å². The summed E-state index contributed by atoms with van der Waals surface area (Å²) in [7, 11) is 1.61. The van der Waals surface area contributed by atoms with Gasteiger partial charge in [0.05, 0.1) is 13.7 Å². The number of hydrogen-bond donors (Lipinski definition) is 2. The van der Waals surface area contributed by atoms with E-state index in [-0.39, 0.29) is 10.8 Å². The van der Waals surface area contributed by atoms with Crippen LogP contribution in [0.15, 0.2) is 36.4 Å². The van der Waals surface area contributed by atoms with Crippen LogP contribution in [0.25, 0.3) is 0 Å². The highest BCUT2D eigenvalue weighted by atomic mass is 32.1. The maximum absolute atomic E-state index is 11.8. The van der Waals surface area contributed by atoms with Gasteiger partial charge in [-0.05, 0) is 36.2 Å². The number of amides is 1. The van der Waals surface area contributed by atoms with Gasteiger partial charge < -0.3 is 15.2 Å². The van der Waals surface area contributed by atoms with E-state index in [0.29, 0.717) is 19.4 Å². The van der Waals surface area contributed by atoms with Gasteiger partial charge in [-0.2, -0.15) is 0 Å². The Kier molecular flexibility index (Phi) is 5.55. The van der Waals surface area contributed by atoms with Crippen molar-refractivity contribution in [1.82, 2.24) is 5.32 Å². The lowest BCUT2D eigenvalue weighted by molar-refractivity contribution is -0.121. The molecule has 0 fully saturated rings. The number of methoxy groups -OCH3 is 1. The predicted molar refractivity (Wildman–Crippen MR) is 84.4 cm³/mol. The third kappa shape index (κ3) is 4.60. The van der Waals surface area contributed by atoms with E-state index in [1.807, 2.05) is 24.3 Å². The Bertz CT molecular complexity index is 648. The largest absolute Gasteiger partial charge is 0.497 e. The average Bonchev–Trinajstić information content (AvgIpc) is 3.00. The summed E-state index contributed by atoms with van der Waals surface area (Å²) >= 11 is 1.17. The van der Waals surface area contributed by atoms with E-state index in [2.05, 4.69) is 5.32 Å². The second-order valence-corrected chi connectivity index (χ2v) is 5.86. The molecule has 1 aromatic heterocycles. The van der Waals surface area contributed by atoms with Crippen LogP contribution >= 0.6 is 11.3 Å². The van der Waals surface area contributed by atoms with E-state index >= 15 is 0 Å². The number of aromatic carboxylic acids is 1. The number of thiophene rings is 1. The number of benzene rings is 1. The maximum Gasteiger partial charge on any atom is 0.345 e. The van der Waals surface area contributed by atoms with Crippen molar-refractivity contribution in [2.24, 2.45) is 0 Å². The number of carboxylic acid groups (broad SMARTS) is 1. The van der Waals surface area contributed by atoms with Crippen LogP contribution in [-0.2, 0) is 17.8 Å². The molecule has 0 radical (unpaired) electrons. The molecule has 0 aliphatic carbocycles. The van der Waals surface area contributed by atoms with Crippen molar-refractivity contribution >= 4 is 23.2 Å². The summed E-state index contributed by atoms with van der Waals surface area (Å²) in [4.78, 5) is 23.7. The van der Waals surface area contributed by atoms with Crippen LogP contribution in [0.4, 0.5) is 0 Å². The molecule has 1 amide bonds. The van der Waals surface area contributed by atoms with Crippen molar-refractivity contribution in [3.05, 3.63) is 51.7 Å². The van der Waals surface area contributed by atoms with Gasteiger partial charge in [-0.15, -0.1) is 11.3 Å². The zero-order chi connectivity index (χ0) is 15.9. The van der Waals surface area contributed by atoms with E-state index in [1.165, 1.54) is 11.3 Å². The van der Waals surface area contributed by atoms with Gasteiger partial charge in [0.25, 0.3) is 0 Å². The Morgan fingerprint density at radius 1 is 1.18 bits per heavy atom. The average molecular weight is 319 g/mol. The summed E-state index contributed by atoms with van der Waals surface area (Å²) in [6, 6.07) is 10.9. The number of carbonyl (C=O) groups is 2. The molecule has 2 rings (SSSR count). The molecule has 0 spiro atoms. The molecule has 1 aromatic carbocycles. The predicted octanol–water partition coefficient (Wildman–Crippen LogP) is 2.70. The molecule has 0 bridgehead atoms. The zero-order valence-corrected chi connectivity index (χ0v) is 13.0. The topological polar surface area (TPSA) is 75.6 Å². The van der Waals surface area contributed by atoms with E-state index < -0.39 is 5.97 Å². The quantitative estimate of drug-likeness (QED) is 0.823. The van der Waals surface area contributed by atoms with E-state index in [1.54, 1.807) is 19.2 Å². The lowest BCUT2D eigenvalue weighted by Crippen LogP contribution is -2.22. The van der Waals surface area contributed by atoms with Gasteiger partial charge >= 0.3 is 5.97 Å². The molecule has 0 aliphatic rings. The fraction of sp³-hybridized carbons (Fsp3) is 0.250. The van der Waals surface area contributed by atoms with Crippen molar-refractivity contribution in [2.75, 3.05) is 7.11 Å². The van der Waals surface area contributed by atoms with Crippen LogP contribution in [0.3, 0.4) is 0 Å². The minimum absolute atomic E-state index is 0.0545. The summed E-state index contributed by atoms with van der Waals surface area (Å²) in [5.74, 6) is -0.205. The zero-order valence-electron chi connectivity index (χ0n) is 12.2. The van der Waals surface area contributed by atoms with Crippen molar-refractivity contribution < 1.29 is 19.4 Å². The second kappa shape index (κ2) is 7.61. The smallest absolute Gasteiger partial charge is 0.345 e. The minimum Gasteiger partial charge on any atom is -0.497 e. The highest BCUT2D eigenvalue weighted by Gasteiger charge is 2.08. The van der Waals surface area contributed by atoms with Gasteiger partial charge in [-0.25, -0.2) is 4.79 Å². The first kappa shape index (κ1) is 16.0. The lowest BCUT2D eigenvalue weighted by Gasteiger charge is -2.05. The van der Waals surface area contributed by atoms with Crippen LogP contribution < -0.4 is 10.1 Å². The molecule has 2 aromatic rings. The Morgan fingerprint density at radius 3 is 2.50 bits per heavy atom. The van der Waals surface area contributed by atoms with Crippen LogP contribution in [0.2, 0.25) is 0 Å². The van der Waals surface area contributed by atoms with Crippen molar-refractivity contribution in [2.45, 2.75) is 19.4 Å². The summed E-state index contributed by atoms with van der Waals surface area (Å²) in [5.41, 5.74) is 1.07. The molecule has 6 heteroatoms. The van der Waals surface area contributed by atoms with Crippen molar-refractivity contribution in [1.29, 1.82) is 0 Å². The standard InChI is InChI=1S/C16H17NO4S/c1-21-12-5-2-11(3-6-12)4-9-15(18)17-10-13-7-8-14(22-13)16(19)20/h2-3,5-8H,4,9-10H2,1H3,(H,17,18)(H,19,20). The number of nitrogens with one attached hydrogen (secondary N) is 1. The summed E-state index contributed by atoms with van der Waals surface area (Å²) in [6.07, 6.45) is 1.05. The molecule has 22 heavy (non-hydrogen) atoms. The number of carbonyl (C=O) groups excluding carboxylic acids is 1. The van der Waals surface area contributed by atoms with Gasteiger partial charge in [-0.1, -0.05) is 12.1 Å². The fourth-order valence-electron chi connectivity index (χ4n) is 1.91. The summed E-state index contributed by atoms with van der Waals surface area (Å²) in [6.45, 7) is 0.361. The summed E-state index contributed by atoms with van der Waals surface area (Å²) in [5, 5.41) is 11.6. The molecule has 0 saturated heterocycles. The van der Waals surface area contributed by atoms with E-state index in [9.17, 15) is 9.59 Å². The van der Waals surface area contributed by atoms with Crippen LogP contribution in [-0.4, -0.2) is 24.1 Å².